The summed E-state index contributed by atoms with van der Waals surface area (Å²) in [6, 6.07) is 3.21. The molecule has 0 unspecified atom stereocenters. The van der Waals surface area contributed by atoms with Crippen LogP contribution in [0.4, 0.5) is 22.0 Å². The number of allylic oxidation sites excluding steroid dienone is 1. The van der Waals surface area contributed by atoms with Crippen molar-refractivity contribution < 1.29 is 31.9 Å². The Labute approximate surface area is 141 Å². The number of carbonyl (C=O) groups excluding carboxylic acids is 1. The van der Waals surface area contributed by atoms with E-state index in [1.807, 2.05) is 0 Å². The molecule has 0 saturated carbocycles. The molecule has 0 saturated heterocycles. The SMILES string of the molecule is C=CCNC(=O)[C@@H](CC=C)[C@](O)(c1ccccn1)C(F)(F)C(F)(F)F. The van der Waals surface area contributed by atoms with Crippen LogP contribution in [0.3, 0.4) is 0 Å². The van der Waals surface area contributed by atoms with Gasteiger partial charge in [-0.2, -0.15) is 22.0 Å². The molecule has 1 heterocycles. The Morgan fingerprint density at radius 1 is 1.24 bits per heavy atom. The molecule has 1 amide bonds. The van der Waals surface area contributed by atoms with Crippen molar-refractivity contribution in [3.8, 4) is 0 Å². The van der Waals surface area contributed by atoms with Crippen molar-refractivity contribution in [2.45, 2.75) is 24.1 Å². The molecule has 0 aliphatic carbocycles. The number of rotatable bonds is 8. The van der Waals surface area contributed by atoms with Crippen LogP contribution in [0.2, 0.25) is 0 Å². The number of aromatic nitrogens is 1. The number of aliphatic hydroxyl groups is 1. The van der Waals surface area contributed by atoms with Gasteiger partial charge in [0.05, 0.1) is 11.6 Å². The number of hydrogen-bond acceptors (Lipinski definition) is 3. The lowest BCUT2D eigenvalue weighted by molar-refractivity contribution is -0.355. The summed E-state index contributed by atoms with van der Waals surface area (Å²) < 4.78 is 67.6. The molecule has 1 aromatic heterocycles. The van der Waals surface area contributed by atoms with Gasteiger partial charge in [-0.3, -0.25) is 9.78 Å². The van der Waals surface area contributed by atoms with Crippen molar-refractivity contribution in [1.29, 1.82) is 0 Å². The highest BCUT2D eigenvalue weighted by Gasteiger charge is 2.74. The van der Waals surface area contributed by atoms with Gasteiger partial charge in [0.15, 0.2) is 5.60 Å². The van der Waals surface area contributed by atoms with Crippen LogP contribution >= 0.6 is 0 Å². The molecule has 0 fully saturated rings. The van der Waals surface area contributed by atoms with Crippen LogP contribution in [0.5, 0.6) is 0 Å². The monoisotopic (exact) mass is 364 g/mol. The molecule has 0 bridgehead atoms. The van der Waals surface area contributed by atoms with E-state index in [1.165, 1.54) is 12.1 Å². The van der Waals surface area contributed by atoms with Crippen molar-refractivity contribution in [2.75, 3.05) is 6.54 Å². The van der Waals surface area contributed by atoms with Gasteiger partial charge in [-0.15, -0.1) is 13.2 Å². The van der Waals surface area contributed by atoms with Crippen LogP contribution in [0.25, 0.3) is 0 Å². The number of halogens is 5. The van der Waals surface area contributed by atoms with Crippen LogP contribution in [0, 0.1) is 5.92 Å². The van der Waals surface area contributed by atoms with Crippen LogP contribution in [0.15, 0.2) is 49.7 Å². The van der Waals surface area contributed by atoms with Crippen molar-refractivity contribution in [1.82, 2.24) is 10.3 Å². The summed E-state index contributed by atoms with van der Waals surface area (Å²) in [5, 5.41) is 12.7. The van der Waals surface area contributed by atoms with Crippen LogP contribution in [0.1, 0.15) is 12.1 Å². The summed E-state index contributed by atoms with van der Waals surface area (Å²) in [6.07, 6.45) is -3.62. The molecule has 4 nitrogen and oxygen atoms in total. The average molecular weight is 364 g/mol. The summed E-state index contributed by atoms with van der Waals surface area (Å²) in [5.74, 6) is -9.04. The van der Waals surface area contributed by atoms with Gasteiger partial charge in [0, 0.05) is 12.7 Å². The molecule has 2 atom stereocenters. The lowest BCUT2D eigenvalue weighted by Crippen LogP contribution is -2.61. The smallest absolute Gasteiger partial charge is 0.376 e. The van der Waals surface area contributed by atoms with E-state index in [0.29, 0.717) is 0 Å². The van der Waals surface area contributed by atoms with Gasteiger partial charge in [-0.25, -0.2) is 0 Å². The summed E-state index contributed by atoms with van der Waals surface area (Å²) in [4.78, 5) is 15.6. The number of nitrogens with one attached hydrogen (secondary N) is 1. The molecular weight excluding hydrogens is 347 g/mol. The first-order chi connectivity index (χ1) is 11.5. The third-order valence-electron chi connectivity index (χ3n) is 3.53. The number of alkyl halides is 5. The summed E-state index contributed by atoms with van der Waals surface area (Å²) in [5.41, 5.74) is -4.90. The predicted octanol–water partition coefficient (Wildman–Crippen LogP) is 2.96. The summed E-state index contributed by atoms with van der Waals surface area (Å²) >= 11 is 0. The Balaban J connectivity index is 3.60. The normalized spacial score (nSPS) is 15.8. The van der Waals surface area contributed by atoms with E-state index in [4.69, 9.17) is 0 Å². The number of nitrogens with zero attached hydrogens (tertiary/aromatic N) is 1. The molecule has 138 valence electrons. The average Bonchev–Trinajstić information content (AvgIpc) is 2.56. The fraction of sp³-hybridized carbons (Fsp3) is 0.375. The van der Waals surface area contributed by atoms with E-state index in [9.17, 15) is 31.9 Å². The highest BCUT2D eigenvalue weighted by molar-refractivity contribution is 5.80. The lowest BCUT2D eigenvalue weighted by Gasteiger charge is -2.40. The summed E-state index contributed by atoms with van der Waals surface area (Å²) in [7, 11) is 0. The quantitative estimate of drug-likeness (QED) is 0.551. The maximum Gasteiger partial charge on any atom is 0.456 e. The molecule has 0 aromatic carbocycles. The molecule has 0 aliphatic rings. The Kier molecular flexibility index (Phi) is 6.42. The second kappa shape index (κ2) is 7.73. The molecule has 0 radical (unpaired) electrons. The van der Waals surface area contributed by atoms with Crippen LogP contribution < -0.4 is 5.32 Å². The minimum Gasteiger partial charge on any atom is -0.376 e. The fourth-order valence-electron chi connectivity index (χ4n) is 2.29. The van der Waals surface area contributed by atoms with E-state index < -0.39 is 41.6 Å². The van der Waals surface area contributed by atoms with E-state index >= 15 is 0 Å². The maximum absolute atomic E-state index is 14.3. The van der Waals surface area contributed by atoms with Gasteiger partial charge >= 0.3 is 12.1 Å². The standard InChI is InChI=1S/C16H17F5N2O2/c1-3-7-11(13(24)23-9-4-2)14(25,12-8-5-6-10-22-12)15(17,18)16(19,20)21/h3-6,8,10-11,25H,1-2,7,9H2,(H,23,24)/t11-,14+/m1/s1. The number of amides is 1. The second-order valence-electron chi connectivity index (χ2n) is 5.16. The zero-order valence-corrected chi connectivity index (χ0v) is 13.1. The topological polar surface area (TPSA) is 62.2 Å². The minimum atomic E-state index is -6.11. The van der Waals surface area contributed by atoms with Gasteiger partial charge in [-0.05, 0) is 18.6 Å². The number of pyridine rings is 1. The third-order valence-corrected chi connectivity index (χ3v) is 3.53. The molecular formula is C16H17F5N2O2. The van der Waals surface area contributed by atoms with Crippen molar-refractivity contribution in [2.24, 2.45) is 5.92 Å². The third kappa shape index (κ3) is 3.87. The first kappa shape index (κ1) is 20.8. The zero-order chi connectivity index (χ0) is 19.3. The first-order valence-corrected chi connectivity index (χ1v) is 7.12. The van der Waals surface area contributed by atoms with Crippen molar-refractivity contribution >= 4 is 5.91 Å². The van der Waals surface area contributed by atoms with E-state index in [1.54, 1.807) is 0 Å². The highest BCUT2D eigenvalue weighted by Crippen LogP contribution is 2.52. The number of carbonyl (C=O) groups is 1. The number of hydrogen-bond donors (Lipinski definition) is 2. The van der Waals surface area contributed by atoms with E-state index in [-0.39, 0.29) is 6.54 Å². The minimum absolute atomic E-state index is 0.178. The van der Waals surface area contributed by atoms with Gasteiger partial charge in [0.2, 0.25) is 5.91 Å². The zero-order valence-electron chi connectivity index (χ0n) is 13.1. The fourth-order valence-corrected chi connectivity index (χ4v) is 2.29. The maximum atomic E-state index is 14.3. The molecule has 1 rings (SSSR count). The van der Waals surface area contributed by atoms with E-state index in [0.717, 1.165) is 24.4 Å². The van der Waals surface area contributed by atoms with Gasteiger partial charge in [0.25, 0.3) is 0 Å². The molecule has 1 aromatic rings. The first-order valence-electron chi connectivity index (χ1n) is 7.12. The Morgan fingerprint density at radius 2 is 1.88 bits per heavy atom. The Hall–Kier alpha value is -2.29. The Bertz CT molecular complexity index is 619. The predicted molar refractivity (Wildman–Crippen MR) is 80.6 cm³/mol. The van der Waals surface area contributed by atoms with Gasteiger partial charge in [0.1, 0.15) is 0 Å². The molecule has 0 spiro atoms. The Morgan fingerprint density at radius 3 is 2.32 bits per heavy atom. The molecule has 25 heavy (non-hydrogen) atoms. The van der Waals surface area contributed by atoms with Gasteiger partial charge in [-0.1, -0.05) is 18.2 Å². The van der Waals surface area contributed by atoms with Crippen molar-refractivity contribution in [3.05, 3.63) is 55.4 Å². The van der Waals surface area contributed by atoms with Crippen molar-refractivity contribution in [3.63, 3.8) is 0 Å². The van der Waals surface area contributed by atoms with Crippen LogP contribution in [-0.2, 0) is 10.4 Å². The molecule has 9 heteroatoms. The largest absolute Gasteiger partial charge is 0.456 e. The summed E-state index contributed by atoms with van der Waals surface area (Å²) in [6.45, 7) is 6.39. The highest BCUT2D eigenvalue weighted by atomic mass is 19.4. The lowest BCUT2D eigenvalue weighted by atomic mass is 9.76. The molecule has 2 N–H and O–H groups in total. The van der Waals surface area contributed by atoms with Gasteiger partial charge < -0.3 is 10.4 Å². The molecule has 0 aliphatic heterocycles. The van der Waals surface area contributed by atoms with Crippen LogP contribution in [-0.4, -0.2) is 34.6 Å². The van der Waals surface area contributed by atoms with E-state index in [2.05, 4.69) is 23.5 Å². The second-order valence-corrected chi connectivity index (χ2v) is 5.16.